The molecule has 0 radical (unpaired) electrons. The number of hydrogen-bond acceptors (Lipinski definition) is 7. The van der Waals surface area contributed by atoms with E-state index in [2.05, 4.69) is 27.5 Å². The van der Waals surface area contributed by atoms with E-state index < -0.39 is 9.84 Å². The second-order valence-electron chi connectivity index (χ2n) is 5.37. The van der Waals surface area contributed by atoms with Gasteiger partial charge >= 0.3 is 0 Å². The highest BCUT2D eigenvalue weighted by Gasteiger charge is 2.22. The fraction of sp³-hybridized carbons (Fsp3) is 0.846. The summed E-state index contributed by atoms with van der Waals surface area (Å²) in [5, 5.41) is 11.4. The molecule has 0 aromatic carbocycles. The third-order valence-corrected chi connectivity index (χ3v) is 5.16. The van der Waals surface area contributed by atoms with Gasteiger partial charge in [0, 0.05) is 32.4 Å². The molecule has 9 heteroatoms. The predicted octanol–water partition coefficient (Wildman–Crippen LogP) is -0.865. The number of hydrogen-bond donors (Lipinski definition) is 1. The molecule has 8 nitrogen and oxygen atoms in total. The van der Waals surface area contributed by atoms with E-state index in [1.165, 1.54) is 0 Å². The van der Waals surface area contributed by atoms with Crippen LogP contribution in [-0.4, -0.2) is 79.2 Å². The van der Waals surface area contributed by atoms with Gasteiger partial charge in [0.2, 0.25) is 0 Å². The number of aromatic nitrogens is 3. The zero-order chi connectivity index (χ0) is 15.8. The van der Waals surface area contributed by atoms with Gasteiger partial charge in [-0.25, -0.2) is 13.1 Å². The summed E-state index contributed by atoms with van der Waals surface area (Å²) in [6.07, 6.45) is 1.90. The van der Waals surface area contributed by atoms with Gasteiger partial charge in [-0.2, -0.15) is 0 Å². The normalized spacial score (nSPS) is 18.6. The van der Waals surface area contributed by atoms with Crippen molar-refractivity contribution in [1.29, 1.82) is 0 Å². The highest BCUT2D eigenvalue weighted by atomic mass is 32.2. The summed E-state index contributed by atoms with van der Waals surface area (Å²) in [7, 11) is -2.83. The molecule has 1 saturated heterocycles. The summed E-state index contributed by atoms with van der Waals surface area (Å²) in [5.74, 6) is 0.474. The Balaban J connectivity index is 1.66. The maximum absolute atomic E-state index is 11.4. The Hall–Kier alpha value is -1.03. The van der Waals surface area contributed by atoms with Gasteiger partial charge in [-0.15, -0.1) is 5.10 Å². The molecule has 1 aliphatic rings. The average molecular weight is 331 g/mol. The molecule has 0 amide bonds. The van der Waals surface area contributed by atoms with Crippen LogP contribution in [-0.2, 0) is 27.7 Å². The van der Waals surface area contributed by atoms with Crippen molar-refractivity contribution in [2.45, 2.75) is 20.0 Å². The molecule has 1 aromatic rings. The second-order valence-corrected chi connectivity index (χ2v) is 7.67. The van der Waals surface area contributed by atoms with E-state index >= 15 is 0 Å². The van der Waals surface area contributed by atoms with Crippen LogP contribution in [0.3, 0.4) is 0 Å². The van der Waals surface area contributed by atoms with Crippen LogP contribution in [0, 0.1) is 0 Å². The molecule has 2 heterocycles. The summed E-state index contributed by atoms with van der Waals surface area (Å²) >= 11 is 0. The molecule has 0 bridgehead atoms. The smallest absolute Gasteiger partial charge is 0.152 e. The highest BCUT2D eigenvalue weighted by Crippen LogP contribution is 2.07. The van der Waals surface area contributed by atoms with Crippen LogP contribution in [0.4, 0.5) is 0 Å². The maximum atomic E-state index is 11.4. The summed E-state index contributed by atoms with van der Waals surface area (Å²) in [6.45, 7) is 7.64. The topological polar surface area (TPSA) is 89.4 Å². The van der Waals surface area contributed by atoms with E-state index in [-0.39, 0.29) is 11.5 Å². The minimum absolute atomic E-state index is 0.237. The number of nitrogens with one attached hydrogen (secondary N) is 1. The molecule has 0 unspecified atom stereocenters. The van der Waals surface area contributed by atoms with Gasteiger partial charge in [0.1, 0.15) is 0 Å². The Labute approximate surface area is 131 Å². The molecule has 1 fully saturated rings. The second kappa shape index (κ2) is 8.56. The average Bonchev–Trinajstić information content (AvgIpc) is 2.92. The van der Waals surface area contributed by atoms with E-state index in [0.717, 1.165) is 18.8 Å². The quantitative estimate of drug-likeness (QED) is 0.589. The van der Waals surface area contributed by atoms with Crippen LogP contribution in [0.5, 0.6) is 0 Å². The standard InChI is InChI=1S/C13H25N5O3S/c1-2-14-3-7-21-8-4-18-12-13(15-16-18)11-17-5-9-22(19,20)10-6-17/h12,14H,2-11H2,1H3. The zero-order valence-corrected chi connectivity index (χ0v) is 13.9. The zero-order valence-electron chi connectivity index (χ0n) is 13.1. The first-order valence-corrected chi connectivity index (χ1v) is 9.51. The molecule has 1 N–H and O–H groups in total. The Morgan fingerprint density at radius 2 is 2.09 bits per heavy atom. The summed E-state index contributed by atoms with van der Waals surface area (Å²) in [6, 6.07) is 0. The van der Waals surface area contributed by atoms with E-state index in [4.69, 9.17) is 4.74 Å². The van der Waals surface area contributed by atoms with Gasteiger partial charge < -0.3 is 10.1 Å². The monoisotopic (exact) mass is 331 g/mol. The molecule has 0 aliphatic carbocycles. The lowest BCUT2D eigenvalue weighted by Crippen LogP contribution is -2.39. The van der Waals surface area contributed by atoms with Gasteiger partial charge in [-0.1, -0.05) is 12.1 Å². The van der Waals surface area contributed by atoms with Crippen molar-refractivity contribution in [2.75, 3.05) is 50.9 Å². The Morgan fingerprint density at radius 1 is 1.32 bits per heavy atom. The van der Waals surface area contributed by atoms with Gasteiger partial charge in [0.05, 0.1) is 37.0 Å². The van der Waals surface area contributed by atoms with Crippen molar-refractivity contribution < 1.29 is 13.2 Å². The molecule has 1 aliphatic heterocycles. The first kappa shape index (κ1) is 17.3. The number of rotatable bonds is 9. The Bertz CT molecular complexity index is 532. The molecule has 0 spiro atoms. The molecular weight excluding hydrogens is 306 g/mol. The van der Waals surface area contributed by atoms with Crippen molar-refractivity contribution >= 4 is 9.84 Å². The van der Waals surface area contributed by atoms with Gasteiger partial charge in [0.15, 0.2) is 9.84 Å². The fourth-order valence-electron chi connectivity index (χ4n) is 2.24. The molecule has 2 rings (SSSR count). The third kappa shape index (κ3) is 5.99. The predicted molar refractivity (Wildman–Crippen MR) is 83.3 cm³/mol. The molecular formula is C13H25N5O3S. The van der Waals surface area contributed by atoms with E-state index in [0.29, 0.717) is 39.4 Å². The van der Waals surface area contributed by atoms with E-state index in [1.807, 2.05) is 6.20 Å². The highest BCUT2D eigenvalue weighted by molar-refractivity contribution is 7.91. The van der Waals surface area contributed by atoms with Crippen molar-refractivity contribution in [3.63, 3.8) is 0 Å². The van der Waals surface area contributed by atoms with Crippen molar-refractivity contribution in [1.82, 2.24) is 25.2 Å². The lowest BCUT2D eigenvalue weighted by molar-refractivity contribution is 0.125. The fourth-order valence-corrected chi connectivity index (χ4v) is 3.52. The third-order valence-electron chi connectivity index (χ3n) is 3.55. The van der Waals surface area contributed by atoms with Crippen LogP contribution >= 0.6 is 0 Å². The summed E-state index contributed by atoms with van der Waals surface area (Å²) in [4.78, 5) is 2.10. The largest absolute Gasteiger partial charge is 0.378 e. The lowest BCUT2D eigenvalue weighted by atomic mass is 10.4. The number of sulfone groups is 1. The first-order chi connectivity index (χ1) is 10.6. The SMILES string of the molecule is CCNCCOCCn1cc(CN2CCS(=O)(=O)CC2)nn1. The summed E-state index contributed by atoms with van der Waals surface area (Å²) < 4.78 is 30.0. The van der Waals surface area contributed by atoms with E-state index in [1.54, 1.807) is 4.68 Å². The molecule has 0 saturated carbocycles. The van der Waals surface area contributed by atoms with E-state index in [9.17, 15) is 8.42 Å². The van der Waals surface area contributed by atoms with Gasteiger partial charge in [0.25, 0.3) is 0 Å². The summed E-state index contributed by atoms with van der Waals surface area (Å²) in [5.41, 5.74) is 0.868. The lowest BCUT2D eigenvalue weighted by Gasteiger charge is -2.25. The minimum Gasteiger partial charge on any atom is -0.378 e. The van der Waals surface area contributed by atoms with Gasteiger partial charge in [-0.3, -0.25) is 4.90 Å². The Kier molecular flexibility index (Phi) is 6.74. The molecule has 126 valence electrons. The van der Waals surface area contributed by atoms with Crippen molar-refractivity contribution in [3.05, 3.63) is 11.9 Å². The maximum Gasteiger partial charge on any atom is 0.152 e. The van der Waals surface area contributed by atoms with Crippen LogP contribution in [0.25, 0.3) is 0 Å². The Morgan fingerprint density at radius 3 is 2.82 bits per heavy atom. The minimum atomic E-state index is -2.83. The molecule has 0 atom stereocenters. The van der Waals surface area contributed by atoms with Gasteiger partial charge in [-0.05, 0) is 6.54 Å². The number of likely N-dealkylation sites (N-methyl/N-ethyl adjacent to an activating group) is 1. The van der Waals surface area contributed by atoms with Crippen LogP contribution in [0.15, 0.2) is 6.20 Å². The molecule has 1 aromatic heterocycles. The van der Waals surface area contributed by atoms with Crippen molar-refractivity contribution in [3.8, 4) is 0 Å². The number of nitrogens with zero attached hydrogens (tertiary/aromatic N) is 4. The molecule has 22 heavy (non-hydrogen) atoms. The van der Waals surface area contributed by atoms with Crippen LogP contribution in [0.1, 0.15) is 12.6 Å². The number of ether oxygens (including phenoxy) is 1. The van der Waals surface area contributed by atoms with Crippen LogP contribution in [0.2, 0.25) is 0 Å². The first-order valence-electron chi connectivity index (χ1n) is 7.69. The van der Waals surface area contributed by atoms with Crippen molar-refractivity contribution in [2.24, 2.45) is 0 Å². The van der Waals surface area contributed by atoms with Crippen LogP contribution < -0.4 is 5.32 Å².